The molecule has 30 heavy (non-hydrogen) atoms. The number of aromatic nitrogens is 2. The number of benzene rings is 1. The van der Waals surface area contributed by atoms with Crippen LogP contribution in [0.5, 0.6) is 0 Å². The quantitative estimate of drug-likeness (QED) is 0.605. The monoisotopic (exact) mass is 413 g/mol. The molecule has 0 saturated carbocycles. The van der Waals surface area contributed by atoms with Crippen molar-refractivity contribution in [3.05, 3.63) is 59.9 Å². The van der Waals surface area contributed by atoms with Gasteiger partial charge < -0.3 is 14.2 Å². The number of amides is 1. The minimum Gasteiger partial charge on any atom is -0.462 e. The number of esters is 1. The van der Waals surface area contributed by atoms with Crippen LogP contribution in [-0.4, -0.2) is 51.9 Å². The van der Waals surface area contributed by atoms with E-state index in [9.17, 15) is 18.4 Å². The maximum Gasteiger partial charge on any atom is 0.338 e. The van der Waals surface area contributed by atoms with E-state index in [1.54, 1.807) is 37.3 Å². The summed E-state index contributed by atoms with van der Waals surface area (Å²) in [5, 5.41) is 0.762. The number of alkyl halides is 2. The number of halogens is 2. The molecule has 0 bridgehead atoms. The van der Waals surface area contributed by atoms with Crippen molar-refractivity contribution < 1.29 is 23.1 Å². The number of hydrogen-bond donors (Lipinski definition) is 0. The van der Waals surface area contributed by atoms with Crippen LogP contribution in [0.3, 0.4) is 0 Å². The summed E-state index contributed by atoms with van der Waals surface area (Å²) in [6.45, 7) is 2.15. The molecule has 1 aliphatic heterocycles. The summed E-state index contributed by atoms with van der Waals surface area (Å²) in [6.07, 6.45) is 2.67. The Morgan fingerprint density at radius 3 is 2.47 bits per heavy atom. The fraction of sp³-hybridized carbons (Fsp3) is 0.318. The summed E-state index contributed by atoms with van der Waals surface area (Å²) < 4.78 is 33.5. The lowest BCUT2D eigenvalue weighted by atomic mass is 10.1. The summed E-state index contributed by atoms with van der Waals surface area (Å²) >= 11 is 0. The number of carbonyl (C=O) groups excluding carboxylic acids is 2. The van der Waals surface area contributed by atoms with Crippen LogP contribution in [0, 0.1) is 0 Å². The molecule has 0 unspecified atom stereocenters. The zero-order valence-electron chi connectivity index (χ0n) is 16.5. The van der Waals surface area contributed by atoms with E-state index in [1.807, 2.05) is 16.8 Å². The molecule has 3 aromatic rings. The molecule has 0 atom stereocenters. The van der Waals surface area contributed by atoms with Crippen LogP contribution in [0.4, 0.5) is 8.78 Å². The van der Waals surface area contributed by atoms with Crippen LogP contribution in [-0.2, 0) is 4.74 Å². The van der Waals surface area contributed by atoms with Crippen molar-refractivity contribution in [2.75, 3.05) is 19.7 Å². The van der Waals surface area contributed by atoms with Crippen molar-refractivity contribution in [1.82, 2.24) is 14.5 Å². The highest BCUT2D eigenvalue weighted by Crippen LogP contribution is 2.29. The highest BCUT2D eigenvalue weighted by molar-refractivity contribution is 5.97. The molecule has 4 rings (SSSR count). The minimum absolute atomic E-state index is 0.0394. The van der Waals surface area contributed by atoms with E-state index in [0.717, 1.165) is 11.1 Å². The number of pyridine rings is 1. The molecule has 0 N–H and O–H groups in total. The van der Waals surface area contributed by atoms with Gasteiger partial charge in [0.05, 0.1) is 17.7 Å². The Labute approximate surface area is 172 Å². The highest BCUT2D eigenvalue weighted by atomic mass is 19.3. The Hall–Kier alpha value is -3.29. The second-order valence-corrected chi connectivity index (χ2v) is 7.24. The van der Waals surface area contributed by atoms with E-state index in [1.165, 1.54) is 11.1 Å². The van der Waals surface area contributed by atoms with E-state index >= 15 is 0 Å². The van der Waals surface area contributed by atoms with Crippen LogP contribution >= 0.6 is 0 Å². The molecule has 0 spiro atoms. The van der Waals surface area contributed by atoms with Crippen LogP contribution in [0.15, 0.2) is 48.8 Å². The largest absolute Gasteiger partial charge is 0.462 e. The Kier molecular flexibility index (Phi) is 5.24. The van der Waals surface area contributed by atoms with Gasteiger partial charge in [0.25, 0.3) is 11.8 Å². The van der Waals surface area contributed by atoms with Crippen molar-refractivity contribution in [1.29, 1.82) is 0 Å². The van der Waals surface area contributed by atoms with Gasteiger partial charge >= 0.3 is 5.97 Å². The van der Waals surface area contributed by atoms with Crippen molar-refractivity contribution in [2.45, 2.75) is 25.7 Å². The maximum atomic E-state index is 13.3. The fourth-order valence-electron chi connectivity index (χ4n) is 3.54. The molecule has 6 nitrogen and oxygen atoms in total. The molecule has 1 amide bonds. The van der Waals surface area contributed by atoms with Crippen molar-refractivity contribution in [2.24, 2.45) is 0 Å². The number of rotatable bonds is 4. The van der Waals surface area contributed by atoms with Gasteiger partial charge in [-0.3, -0.25) is 4.79 Å². The summed E-state index contributed by atoms with van der Waals surface area (Å²) in [7, 11) is 0. The highest BCUT2D eigenvalue weighted by Gasteiger charge is 2.35. The van der Waals surface area contributed by atoms with Gasteiger partial charge in [0.2, 0.25) is 0 Å². The average molecular weight is 413 g/mol. The van der Waals surface area contributed by atoms with Crippen molar-refractivity contribution >= 4 is 22.9 Å². The van der Waals surface area contributed by atoms with E-state index in [-0.39, 0.29) is 37.8 Å². The number of fused-ring (bicyclic) bond motifs is 1. The first-order chi connectivity index (χ1) is 14.4. The molecule has 8 heteroatoms. The normalized spacial score (nSPS) is 15.9. The topological polar surface area (TPSA) is 64.4 Å². The lowest BCUT2D eigenvalue weighted by molar-refractivity contribution is -0.0494. The van der Waals surface area contributed by atoms with E-state index in [2.05, 4.69) is 4.98 Å². The third kappa shape index (κ3) is 3.90. The third-order valence-electron chi connectivity index (χ3n) is 5.21. The van der Waals surface area contributed by atoms with Gasteiger partial charge in [0, 0.05) is 49.4 Å². The van der Waals surface area contributed by atoms with Gasteiger partial charge in [-0.2, -0.15) is 0 Å². The molecule has 1 aliphatic rings. The van der Waals surface area contributed by atoms with Crippen LogP contribution in [0.1, 0.15) is 40.5 Å². The molecule has 0 aliphatic carbocycles. The number of carbonyl (C=O) groups is 2. The number of hydrogen-bond acceptors (Lipinski definition) is 4. The van der Waals surface area contributed by atoms with Gasteiger partial charge in [-0.25, -0.2) is 18.6 Å². The van der Waals surface area contributed by atoms with Crippen LogP contribution in [0.2, 0.25) is 0 Å². The van der Waals surface area contributed by atoms with Gasteiger partial charge in [-0.1, -0.05) is 0 Å². The predicted octanol–water partition coefficient (Wildman–Crippen LogP) is 4.07. The summed E-state index contributed by atoms with van der Waals surface area (Å²) in [5.41, 5.74) is 2.30. The van der Waals surface area contributed by atoms with Gasteiger partial charge in [-0.15, -0.1) is 0 Å². The standard InChI is InChI=1S/C22H21F2N3O3/c1-2-30-21(29)15-3-5-18(6-4-15)27-10-7-16-13-17(14-25-19(16)27)20(28)26-11-8-22(23,24)9-12-26/h3-7,10,13-14H,2,8-9,11-12H2,1H3. The maximum absolute atomic E-state index is 13.3. The number of nitrogens with zero attached hydrogens (tertiary/aromatic N) is 3. The summed E-state index contributed by atoms with van der Waals surface area (Å²) in [6, 6.07) is 10.5. The molecule has 156 valence electrons. The average Bonchev–Trinajstić information content (AvgIpc) is 3.17. The number of ether oxygens (including phenoxy) is 1. The molecular formula is C22H21F2N3O3. The lowest BCUT2D eigenvalue weighted by Crippen LogP contribution is -2.42. The van der Waals surface area contributed by atoms with Gasteiger partial charge in [0.1, 0.15) is 5.65 Å². The smallest absolute Gasteiger partial charge is 0.338 e. The third-order valence-corrected chi connectivity index (χ3v) is 5.21. The van der Waals surface area contributed by atoms with E-state index in [4.69, 9.17) is 4.74 Å². The van der Waals surface area contributed by atoms with Gasteiger partial charge in [-0.05, 0) is 43.3 Å². The minimum atomic E-state index is -2.70. The number of piperidine rings is 1. The van der Waals surface area contributed by atoms with Crippen LogP contribution < -0.4 is 0 Å². The second-order valence-electron chi connectivity index (χ2n) is 7.24. The second kappa shape index (κ2) is 7.85. The first-order valence-electron chi connectivity index (χ1n) is 9.80. The molecule has 1 saturated heterocycles. The zero-order valence-corrected chi connectivity index (χ0v) is 16.5. The van der Waals surface area contributed by atoms with Crippen molar-refractivity contribution in [3.8, 4) is 5.69 Å². The molecule has 3 heterocycles. The molecule has 1 aromatic carbocycles. The summed E-state index contributed by atoms with van der Waals surface area (Å²) in [4.78, 5) is 30.4. The Balaban J connectivity index is 1.55. The lowest BCUT2D eigenvalue weighted by Gasteiger charge is -2.31. The van der Waals surface area contributed by atoms with Crippen molar-refractivity contribution in [3.63, 3.8) is 0 Å². The Bertz CT molecular complexity index is 1080. The first-order valence-corrected chi connectivity index (χ1v) is 9.80. The zero-order chi connectivity index (χ0) is 21.3. The Morgan fingerprint density at radius 2 is 1.80 bits per heavy atom. The van der Waals surface area contributed by atoms with E-state index < -0.39 is 5.92 Å². The predicted molar refractivity (Wildman–Crippen MR) is 107 cm³/mol. The fourth-order valence-corrected chi connectivity index (χ4v) is 3.54. The number of likely N-dealkylation sites (tertiary alicyclic amines) is 1. The molecule has 1 fully saturated rings. The molecular weight excluding hydrogens is 392 g/mol. The van der Waals surface area contributed by atoms with Crippen LogP contribution in [0.25, 0.3) is 16.7 Å². The SMILES string of the molecule is CCOC(=O)c1ccc(-n2ccc3cc(C(=O)N4CCC(F)(F)CC4)cnc32)cc1. The molecule has 2 aromatic heterocycles. The van der Waals surface area contributed by atoms with Gasteiger partial charge in [0.15, 0.2) is 0 Å². The Morgan fingerprint density at radius 1 is 1.10 bits per heavy atom. The summed E-state index contributed by atoms with van der Waals surface area (Å²) in [5.74, 6) is -3.36. The van der Waals surface area contributed by atoms with E-state index in [0.29, 0.717) is 23.4 Å². The first kappa shape index (κ1) is 20.0. The molecule has 0 radical (unpaired) electrons.